The molecule has 1 unspecified atom stereocenters. The second-order valence-electron chi connectivity index (χ2n) is 3.40. The Morgan fingerprint density at radius 2 is 2.00 bits per heavy atom. The lowest BCUT2D eigenvalue weighted by Gasteiger charge is -2.23. The molecule has 0 aliphatic heterocycles. The highest BCUT2D eigenvalue weighted by Gasteiger charge is 2.29. The van der Waals surface area contributed by atoms with E-state index < -0.39 is 11.5 Å². The lowest BCUT2D eigenvalue weighted by Crippen LogP contribution is -2.33. The summed E-state index contributed by atoms with van der Waals surface area (Å²) in [5, 5.41) is 17.6. The lowest BCUT2D eigenvalue weighted by molar-refractivity contribution is -0.135. The van der Waals surface area contributed by atoms with Gasteiger partial charge in [0.1, 0.15) is 6.10 Å². The molecule has 0 radical (unpaired) electrons. The minimum absolute atomic E-state index is 0.0224. The van der Waals surface area contributed by atoms with Crippen molar-refractivity contribution in [3.63, 3.8) is 0 Å². The Morgan fingerprint density at radius 3 is 2.27 bits per heavy atom. The van der Waals surface area contributed by atoms with Gasteiger partial charge in [0.2, 0.25) is 0 Å². The number of ketones is 1. The van der Waals surface area contributed by atoms with Gasteiger partial charge >= 0.3 is 0 Å². The van der Waals surface area contributed by atoms with Crippen LogP contribution >= 0.6 is 0 Å². The summed E-state index contributed by atoms with van der Waals surface area (Å²) in [6.45, 7) is 4.86. The van der Waals surface area contributed by atoms with Gasteiger partial charge in [-0.15, -0.1) is 0 Å². The first-order valence-electron chi connectivity index (χ1n) is 3.75. The smallest absolute Gasteiger partial charge is 0.166 e. The summed E-state index contributed by atoms with van der Waals surface area (Å²) in [4.78, 5) is 11.2. The van der Waals surface area contributed by atoms with Crippen molar-refractivity contribution in [1.82, 2.24) is 0 Å². The molecule has 0 aromatic heterocycles. The third-order valence-electron chi connectivity index (χ3n) is 1.78. The van der Waals surface area contributed by atoms with Crippen molar-refractivity contribution in [2.45, 2.75) is 33.3 Å². The van der Waals surface area contributed by atoms with Crippen LogP contribution in [0.15, 0.2) is 0 Å². The number of Topliss-reactive ketones (excluding diaryl/α,β-unsaturated/α-hetero) is 1. The molecule has 3 nitrogen and oxygen atoms in total. The van der Waals surface area contributed by atoms with E-state index in [1.165, 1.54) is 6.92 Å². The molecule has 0 saturated heterocycles. The van der Waals surface area contributed by atoms with Crippen molar-refractivity contribution < 1.29 is 15.0 Å². The summed E-state index contributed by atoms with van der Waals surface area (Å²) in [5.41, 5.74) is -0.608. The van der Waals surface area contributed by atoms with Gasteiger partial charge in [0, 0.05) is 12.0 Å². The van der Waals surface area contributed by atoms with E-state index in [9.17, 15) is 4.79 Å². The fourth-order valence-electron chi connectivity index (χ4n) is 0.968. The summed E-state index contributed by atoms with van der Waals surface area (Å²) in [6, 6.07) is 0. The van der Waals surface area contributed by atoms with Gasteiger partial charge in [-0.1, -0.05) is 13.8 Å². The molecule has 0 amide bonds. The third-order valence-corrected chi connectivity index (χ3v) is 1.78. The van der Waals surface area contributed by atoms with E-state index >= 15 is 0 Å². The second-order valence-corrected chi connectivity index (χ2v) is 3.40. The largest absolute Gasteiger partial charge is 0.396 e. The molecule has 0 bridgehead atoms. The van der Waals surface area contributed by atoms with Crippen LogP contribution in [0.2, 0.25) is 0 Å². The Labute approximate surface area is 67.0 Å². The van der Waals surface area contributed by atoms with Crippen molar-refractivity contribution in [3.8, 4) is 0 Å². The van der Waals surface area contributed by atoms with Crippen molar-refractivity contribution in [1.29, 1.82) is 0 Å². The van der Waals surface area contributed by atoms with Gasteiger partial charge in [-0.25, -0.2) is 0 Å². The fourth-order valence-corrected chi connectivity index (χ4v) is 0.968. The molecule has 0 aromatic rings. The minimum Gasteiger partial charge on any atom is -0.396 e. The molecule has 0 saturated carbocycles. The van der Waals surface area contributed by atoms with Crippen LogP contribution in [0, 0.1) is 5.41 Å². The summed E-state index contributed by atoms with van der Waals surface area (Å²) in [5.74, 6) is -0.216. The van der Waals surface area contributed by atoms with E-state index in [4.69, 9.17) is 10.2 Å². The molecule has 1 atom stereocenters. The van der Waals surface area contributed by atoms with Gasteiger partial charge in [-0.05, 0) is 13.3 Å². The standard InChI is InChI=1S/C8H16O3/c1-6(10)7(11)8(2,3)4-5-9/h6,9-10H,4-5H2,1-3H3. The summed E-state index contributed by atoms with van der Waals surface area (Å²) in [6.07, 6.45) is -0.534. The quantitative estimate of drug-likeness (QED) is 0.623. The highest BCUT2D eigenvalue weighted by Crippen LogP contribution is 2.22. The summed E-state index contributed by atoms with van der Waals surface area (Å²) >= 11 is 0. The molecule has 0 fully saturated rings. The molecule has 0 aliphatic rings. The SMILES string of the molecule is CC(O)C(=O)C(C)(C)CCO. The second kappa shape index (κ2) is 3.83. The van der Waals surface area contributed by atoms with Crippen molar-refractivity contribution >= 4 is 5.78 Å². The van der Waals surface area contributed by atoms with E-state index in [1.54, 1.807) is 13.8 Å². The molecule has 0 aromatic carbocycles. The number of rotatable bonds is 4. The molecule has 0 heterocycles. The van der Waals surface area contributed by atoms with Crippen molar-refractivity contribution in [2.75, 3.05) is 6.61 Å². The molecule has 0 spiro atoms. The van der Waals surface area contributed by atoms with Crippen LogP contribution in [-0.2, 0) is 4.79 Å². The van der Waals surface area contributed by atoms with Crippen molar-refractivity contribution in [2.24, 2.45) is 5.41 Å². The summed E-state index contributed by atoms with van der Waals surface area (Å²) in [7, 11) is 0. The molecule has 11 heavy (non-hydrogen) atoms. The van der Waals surface area contributed by atoms with Crippen LogP contribution in [0.5, 0.6) is 0 Å². The Bertz CT molecular complexity index is 138. The number of aliphatic hydroxyl groups excluding tert-OH is 2. The van der Waals surface area contributed by atoms with E-state index in [0.717, 1.165) is 0 Å². The topological polar surface area (TPSA) is 57.5 Å². The van der Waals surface area contributed by atoms with Gasteiger partial charge in [0.25, 0.3) is 0 Å². The Hall–Kier alpha value is -0.410. The van der Waals surface area contributed by atoms with E-state index in [0.29, 0.717) is 6.42 Å². The first-order valence-corrected chi connectivity index (χ1v) is 3.75. The van der Waals surface area contributed by atoms with Gasteiger partial charge in [-0.2, -0.15) is 0 Å². The molecule has 0 rings (SSSR count). The monoisotopic (exact) mass is 160 g/mol. The van der Waals surface area contributed by atoms with Crippen LogP contribution in [0.25, 0.3) is 0 Å². The fraction of sp³-hybridized carbons (Fsp3) is 0.875. The number of aliphatic hydroxyl groups is 2. The van der Waals surface area contributed by atoms with Crippen LogP contribution < -0.4 is 0 Å². The zero-order valence-electron chi connectivity index (χ0n) is 7.29. The van der Waals surface area contributed by atoms with Crippen LogP contribution in [0.3, 0.4) is 0 Å². The number of carbonyl (C=O) groups excluding carboxylic acids is 1. The first-order chi connectivity index (χ1) is 4.91. The predicted molar refractivity (Wildman–Crippen MR) is 42.2 cm³/mol. The zero-order chi connectivity index (χ0) is 9.07. The minimum atomic E-state index is -0.934. The predicted octanol–water partition coefficient (Wildman–Crippen LogP) is 0.345. The van der Waals surface area contributed by atoms with Crippen LogP contribution in [0.4, 0.5) is 0 Å². The third kappa shape index (κ3) is 2.99. The van der Waals surface area contributed by atoms with Crippen LogP contribution in [0.1, 0.15) is 27.2 Å². The Morgan fingerprint density at radius 1 is 1.55 bits per heavy atom. The maximum Gasteiger partial charge on any atom is 0.166 e. The maximum atomic E-state index is 11.2. The summed E-state index contributed by atoms with van der Waals surface area (Å²) < 4.78 is 0. The molecule has 0 aliphatic carbocycles. The van der Waals surface area contributed by atoms with E-state index in [-0.39, 0.29) is 12.4 Å². The normalized spacial score (nSPS) is 14.6. The van der Waals surface area contributed by atoms with Crippen LogP contribution in [-0.4, -0.2) is 28.7 Å². The number of hydrogen-bond donors (Lipinski definition) is 2. The van der Waals surface area contributed by atoms with Gasteiger partial charge < -0.3 is 10.2 Å². The van der Waals surface area contributed by atoms with E-state index in [2.05, 4.69) is 0 Å². The average molecular weight is 160 g/mol. The van der Waals surface area contributed by atoms with Gasteiger partial charge in [-0.3, -0.25) is 4.79 Å². The van der Waals surface area contributed by atoms with Gasteiger partial charge in [0.05, 0.1) is 0 Å². The van der Waals surface area contributed by atoms with Crippen molar-refractivity contribution in [3.05, 3.63) is 0 Å². The Balaban J connectivity index is 4.17. The maximum absolute atomic E-state index is 11.2. The van der Waals surface area contributed by atoms with Gasteiger partial charge in [0.15, 0.2) is 5.78 Å². The highest BCUT2D eigenvalue weighted by atomic mass is 16.3. The number of carbonyl (C=O) groups is 1. The molecule has 2 N–H and O–H groups in total. The molecule has 3 heteroatoms. The zero-order valence-corrected chi connectivity index (χ0v) is 7.29. The highest BCUT2D eigenvalue weighted by molar-refractivity contribution is 5.87. The molecule has 66 valence electrons. The lowest BCUT2D eigenvalue weighted by atomic mass is 9.83. The molecular formula is C8H16O3. The molecular weight excluding hydrogens is 144 g/mol. The average Bonchev–Trinajstić information content (AvgIpc) is 1.86. The van der Waals surface area contributed by atoms with E-state index in [1.807, 2.05) is 0 Å². The number of hydrogen-bond acceptors (Lipinski definition) is 3. The Kier molecular flexibility index (Phi) is 3.69. The first kappa shape index (κ1) is 10.6.